The van der Waals surface area contributed by atoms with Gasteiger partial charge in [0.05, 0.1) is 17.1 Å². The molecule has 0 spiro atoms. The largest absolute Gasteiger partial charge is 0.314 e. The van der Waals surface area contributed by atoms with Crippen LogP contribution in [0.1, 0.15) is 11.4 Å². The van der Waals surface area contributed by atoms with Crippen LogP contribution in [0, 0.1) is 10.5 Å². The molecule has 1 aromatic carbocycles. The molecule has 8 heteroatoms. The number of H-pyrrole nitrogens is 1. The zero-order valence-corrected chi connectivity index (χ0v) is 14.0. The number of nitrogens with one attached hydrogen (secondary N) is 3. The quantitative estimate of drug-likeness (QED) is 0.662. The molecule has 1 aromatic heterocycles. The third-order valence-electron chi connectivity index (χ3n) is 2.69. The number of aromatic amines is 1. The Bertz CT molecular complexity index is 712. The van der Waals surface area contributed by atoms with Crippen molar-refractivity contribution in [2.45, 2.75) is 18.4 Å². The first-order valence-corrected chi connectivity index (χ1v) is 8.47. The highest BCUT2D eigenvalue weighted by Gasteiger charge is 2.24. The fourth-order valence-electron chi connectivity index (χ4n) is 1.85. The molecule has 0 radical (unpaired) electrons. The van der Waals surface area contributed by atoms with Crippen LogP contribution in [0.4, 0.5) is 5.69 Å². The van der Waals surface area contributed by atoms with Crippen molar-refractivity contribution in [3.05, 3.63) is 39.2 Å². The first kappa shape index (κ1) is 15.3. The molecule has 108 valence electrons. The van der Waals surface area contributed by atoms with E-state index in [1.54, 1.807) is 26.1 Å². The second-order valence-corrected chi connectivity index (χ2v) is 7.02. The van der Waals surface area contributed by atoms with Crippen LogP contribution in [-0.2, 0) is 16.6 Å². The average Bonchev–Trinajstić information content (AvgIpc) is 2.74. The summed E-state index contributed by atoms with van der Waals surface area (Å²) in [6.07, 6.45) is 0. The first-order valence-electron chi connectivity index (χ1n) is 5.91. The second-order valence-electron chi connectivity index (χ2n) is 4.24. The van der Waals surface area contributed by atoms with Crippen molar-refractivity contribution in [3.8, 4) is 0 Å². The Balaban J connectivity index is 2.41. The maximum absolute atomic E-state index is 12.5. The molecule has 1 heterocycles. The van der Waals surface area contributed by atoms with E-state index >= 15 is 0 Å². The fraction of sp³-hybridized carbons (Fsp3) is 0.250. The van der Waals surface area contributed by atoms with Crippen LogP contribution < -0.4 is 10.0 Å². The summed E-state index contributed by atoms with van der Waals surface area (Å²) in [6.45, 7) is 2.07. The van der Waals surface area contributed by atoms with Crippen LogP contribution in [0.5, 0.6) is 0 Å². The van der Waals surface area contributed by atoms with Crippen molar-refractivity contribution in [2.24, 2.45) is 0 Å². The number of aryl methyl sites for hydroxylation is 1. The molecule has 0 bridgehead atoms. The Morgan fingerprint density at radius 1 is 1.35 bits per heavy atom. The predicted molar refractivity (Wildman–Crippen MR) is 86.1 cm³/mol. The first-order chi connectivity index (χ1) is 9.45. The minimum Gasteiger partial charge on any atom is -0.314 e. The molecule has 0 saturated heterocycles. The smallest absolute Gasteiger partial charge is 0.265 e. The maximum Gasteiger partial charge on any atom is 0.265 e. The van der Waals surface area contributed by atoms with Crippen molar-refractivity contribution < 1.29 is 8.42 Å². The molecule has 6 nitrogen and oxygen atoms in total. The third-order valence-corrected chi connectivity index (χ3v) is 5.20. The van der Waals surface area contributed by atoms with Crippen LogP contribution in [0.15, 0.2) is 29.2 Å². The fourth-order valence-corrected chi connectivity index (χ4v) is 4.00. The summed E-state index contributed by atoms with van der Waals surface area (Å²) < 4.78 is 28.5. The SMILES string of the molecule is CNCc1n[nH]c(C)c1S(=O)(=O)Nc1ccccc1I. The van der Waals surface area contributed by atoms with Gasteiger partial charge >= 0.3 is 0 Å². The van der Waals surface area contributed by atoms with E-state index in [9.17, 15) is 8.42 Å². The highest BCUT2D eigenvalue weighted by atomic mass is 127. The Kier molecular flexibility index (Phi) is 4.66. The van der Waals surface area contributed by atoms with Crippen LogP contribution in [0.25, 0.3) is 0 Å². The number of para-hydroxylation sites is 1. The molecular weight excluding hydrogens is 391 g/mol. The number of hydrogen-bond acceptors (Lipinski definition) is 4. The molecule has 0 fully saturated rings. The number of anilines is 1. The zero-order chi connectivity index (χ0) is 14.8. The van der Waals surface area contributed by atoms with Gasteiger partial charge in [-0.05, 0) is 48.7 Å². The lowest BCUT2D eigenvalue weighted by molar-refractivity contribution is 0.598. The summed E-state index contributed by atoms with van der Waals surface area (Å²) in [5.74, 6) is 0. The Morgan fingerprint density at radius 2 is 2.05 bits per heavy atom. The van der Waals surface area contributed by atoms with E-state index in [1.807, 2.05) is 12.1 Å². The Morgan fingerprint density at radius 3 is 2.70 bits per heavy atom. The van der Waals surface area contributed by atoms with Gasteiger partial charge < -0.3 is 5.32 Å². The van der Waals surface area contributed by atoms with E-state index in [4.69, 9.17) is 0 Å². The number of benzene rings is 1. The summed E-state index contributed by atoms with van der Waals surface area (Å²) in [7, 11) is -1.92. The lowest BCUT2D eigenvalue weighted by Crippen LogP contribution is -2.18. The minimum atomic E-state index is -3.66. The molecule has 0 amide bonds. The number of halogens is 1. The van der Waals surface area contributed by atoms with Gasteiger partial charge in [-0.15, -0.1) is 0 Å². The summed E-state index contributed by atoms with van der Waals surface area (Å²) in [5, 5.41) is 9.65. The van der Waals surface area contributed by atoms with Gasteiger partial charge in [-0.25, -0.2) is 8.42 Å². The lowest BCUT2D eigenvalue weighted by atomic mass is 10.3. The number of sulfonamides is 1. The molecule has 0 aliphatic heterocycles. The van der Waals surface area contributed by atoms with Crippen molar-refractivity contribution >= 4 is 38.3 Å². The second kappa shape index (κ2) is 6.10. The number of rotatable bonds is 5. The molecule has 0 saturated carbocycles. The normalized spacial score (nSPS) is 11.6. The van der Waals surface area contributed by atoms with Crippen LogP contribution >= 0.6 is 22.6 Å². The van der Waals surface area contributed by atoms with Crippen molar-refractivity contribution in [1.29, 1.82) is 0 Å². The topological polar surface area (TPSA) is 86.9 Å². The highest BCUT2D eigenvalue weighted by Crippen LogP contribution is 2.24. The lowest BCUT2D eigenvalue weighted by Gasteiger charge is -2.10. The maximum atomic E-state index is 12.5. The van der Waals surface area contributed by atoms with Crippen LogP contribution in [-0.4, -0.2) is 25.7 Å². The predicted octanol–water partition coefficient (Wildman–Crippen LogP) is 1.84. The van der Waals surface area contributed by atoms with E-state index < -0.39 is 10.0 Å². The molecule has 3 N–H and O–H groups in total. The monoisotopic (exact) mass is 406 g/mol. The summed E-state index contributed by atoms with van der Waals surface area (Å²) in [4.78, 5) is 0.200. The standard InChI is InChI=1S/C12H15IN4O2S/c1-8-12(11(7-14-2)16-15-8)20(18,19)17-10-6-4-3-5-9(10)13/h3-6,14,17H,7H2,1-2H3,(H,15,16). The van der Waals surface area contributed by atoms with Gasteiger partial charge in [0.1, 0.15) is 4.90 Å². The molecule has 2 rings (SSSR count). The van der Waals surface area contributed by atoms with Gasteiger partial charge in [0.25, 0.3) is 10.0 Å². The van der Waals surface area contributed by atoms with E-state index in [-0.39, 0.29) is 4.90 Å². The number of aromatic nitrogens is 2. The Labute approximate surface area is 131 Å². The van der Waals surface area contributed by atoms with E-state index in [1.165, 1.54) is 0 Å². The molecule has 20 heavy (non-hydrogen) atoms. The number of hydrogen-bond donors (Lipinski definition) is 3. The van der Waals surface area contributed by atoms with Gasteiger partial charge in [0, 0.05) is 10.1 Å². The number of nitrogens with zero attached hydrogens (tertiary/aromatic N) is 1. The van der Waals surface area contributed by atoms with Crippen molar-refractivity contribution in [2.75, 3.05) is 11.8 Å². The minimum absolute atomic E-state index is 0.200. The molecule has 0 aliphatic rings. The average molecular weight is 406 g/mol. The third kappa shape index (κ3) is 3.13. The van der Waals surface area contributed by atoms with Gasteiger partial charge in [-0.2, -0.15) is 5.10 Å². The van der Waals surface area contributed by atoms with Gasteiger partial charge in [-0.1, -0.05) is 12.1 Å². The zero-order valence-electron chi connectivity index (χ0n) is 11.1. The van der Waals surface area contributed by atoms with E-state index in [0.29, 0.717) is 23.6 Å². The Hall–Kier alpha value is -1.13. The van der Waals surface area contributed by atoms with E-state index in [0.717, 1.165) is 3.57 Å². The van der Waals surface area contributed by atoms with Crippen molar-refractivity contribution in [1.82, 2.24) is 15.5 Å². The molecular formula is C12H15IN4O2S. The van der Waals surface area contributed by atoms with Gasteiger partial charge in [0.2, 0.25) is 0 Å². The van der Waals surface area contributed by atoms with Crippen molar-refractivity contribution in [3.63, 3.8) is 0 Å². The molecule has 0 unspecified atom stereocenters. The van der Waals surface area contributed by atoms with E-state index in [2.05, 4.69) is 42.8 Å². The van der Waals surface area contributed by atoms with Gasteiger partial charge in [0.15, 0.2) is 0 Å². The molecule has 0 atom stereocenters. The van der Waals surface area contributed by atoms with Crippen LogP contribution in [0.2, 0.25) is 0 Å². The summed E-state index contributed by atoms with van der Waals surface area (Å²) in [5.41, 5.74) is 1.56. The molecule has 2 aromatic rings. The van der Waals surface area contributed by atoms with Gasteiger partial charge in [-0.3, -0.25) is 9.82 Å². The summed E-state index contributed by atoms with van der Waals surface area (Å²) >= 11 is 2.09. The highest BCUT2D eigenvalue weighted by molar-refractivity contribution is 14.1. The molecule has 0 aliphatic carbocycles. The summed E-state index contributed by atoms with van der Waals surface area (Å²) in [6, 6.07) is 7.22. The van der Waals surface area contributed by atoms with Crippen LogP contribution in [0.3, 0.4) is 0 Å².